The molecule has 6 heteroatoms. The normalized spacial score (nSPS) is 11.0. The van der Waals surface area contributed by atoms with E-state index in [4.69, 9.17) is 0 Å². The van der Waals surface area contributed by atoms with Crippen LogP contribution in [0.1, 0.15) is 11.4 Å². The van der Waals surface area contributed by atoms with Gasteiger partial charge in [0.1, 0.15) is 18.0 Å². The minimum absolute atomic E-state index is 0.310. The second-order valence-corrected chi connectivity index (χ2v) is 4.68. The molecule has 0 atom stereocenters. The summed E-state index contributed by atoms with van der Waals surface area (Å²) < 4.78 is 15.2. The fourth-order valence-electron chi connectivity index (χ4n) is 2.20. The summed E-state index contributed by atoms with van der Waals surface area (Å²) in [6, 6.07) is 4.46. The fourth-order valence-corrected chi connectivity index (χ4v) is 2.20. The third-order valence-electron chi connectivity index (χ3n) is 3.35. The average Bonchev–Trinajstić information content (AvgIpc) is 2.66. The molecular weight excluding hydrogens is 257 g/mol. The third-order valence-corrected chi connectivity index (χ3v) is 3.35. The molecule has 0 aliphatic heterocycles. The van der Waals surface area contributed by atoms with Crippen molar-refractivity contribution >= 4 is 22.4 Å². The SMILES string of the molecule is Cc1nn(C)c(C)c1Nc1ncnc2ccc(F)cc12. The smallest absolute Gasteiger partial charge is 0.141 e. The third kappa shape index (κ3) is 1.99. The minimum Gasteiger partial charge on any atom is -0.337 e. The van der Waals surface area contributed by atoms with E-state index in [2.05, 4.69) is 20.4 Å². The number of aryl methyl sites for hydroxylation is 2. The maximum absolute atomic E-state index is 13.4. The lowest BCUT2D eigenvalue weighted by atomic mass is 10.2. The lowest BCUT2D eigenvalue weighted by Crippen LogP contribution is -1.99. The van der Waals surface area contributed by atoms with Crippen molar-refractivity contribution in [2.75, 3.05) is 5.32 Å². The van der Waals surface area contributed by atoms with Crippen LogP contribution in [-0.4, -0.2) is 19.7 Å². The molecule has 2 heterocycles. The van der Waals surface area contributed by atoms with Gasteiger partial charge in [0.25, 0.3) is 0 Å². The first-order valence-corrected chi connectivity index (χ1v) is 6.24. The number of halogens is 1. The first kappa shape index (κ1) is 12.5. The molecule has 0 fully saturated rings. The van der Waals surface area contributed by atoms with Crippen molar-refractivity contribution in [3.63, 3.8) is 0 Å². The van der Waals surface area contributed by atoms with E-state index in [0.717, 1.165) is 17.1 Å². The van der Waals surface area contributed by atoms with Crippen molar-refractivity contribution in [3.05, 3.63) is 41.7 Å². The standard InChI is InChI=1S/C14H14FN5/c1-8-13(9(2)20(3)19-8)18-14-11-6-10(15)4-5-12(11)16-7-17-14/h4-7H,1-3H3,(H,16,17,18). The van der Waals surface area contributed by atoms with E-state index in [-0.39, 0.29) is 5.82 Å². The molecule has 20 heavy (non-hydrogen) atoms. The largest absolute Gasteiger partial charge is 0.337 e. The topological polar surface area (TPSA) is 55.6 Å². The van der Waals surface area contributed by atoms with Crippen molar-refractivity contribution in [1.29, 1.82) is 0 Å². The molecule has 0 saturated carbocycles. The molecule has 0 radical (unpaired) electrons. The van der Waals surface area contributed by atoms with E-state index in [0.29, 0.717) is 16.7 Å². The Hall–Kier alpha value is -2.50. The van der Waals surface area contributed by atoms with Gasteiger partial charge in [-0.3, -0.25) is 4.68 Å². The monoisotopic (exact) mass is 271 g/mol. The summed E-state index contributed by atoms with van der Waals surface area (Å²) in [5, 5.41) is 8.22. The first-order valence-electron chi connectivity index (χ1n) is 6.24. The van der Waals surface area contributed by atoms with Crippen LogP contribution in [0.3, 0.4) is 0 Å². The number of anilines is 2. The molecule has 1 N–H and O–H groups in total. The Bertz CT molecular complexity index is 794. The van der Waals surface area contributed by atoms with Crippen molar-refractivity contribution in [2.24, 2.45) is 7.05 Å². The van der Waals surface area contributed by atoms with Gasteiger partial charge in [-0.25, -0.2) is 14.4 Å². The van der Waals surface area contributed by atoms with E-state index in [1.165, 1.54) is 18.5 Å². The minimum atomic E-state index is -0.310. The Kier molecular flexibility index (Phi) is 2.85. The highest BCUT2D eigenvalue weighted by Gasteiger charge is 2.12. The summed E-state index contributed by atoms with van der Waals surface area (Å²) in [6.45, 7) is 3.88. The van der Waals surface area contributed by atoms with E-state index >= 15 is 0 Å². The van der Waals surface area contributed by atoms with Gasteiger partial charge in [-0.1, -0.05) is 0 Å². The molecule has 5 nitrogen and oxygen atoms in total. The number of nitrogens with zero attached hydrogens (tertiary/aromatic N) is 4. The Morgan fingerprint density at radius 2 is 2.00 bits per heavy atom. The number of benzene rings is 1. The molecule has 0 unspecified atom stereocenters. The van der Waals surface area contributed by atoms with Crippen LogP contribution in [0, 0.1) is 19.7 Å². The van der Waals surface area contributed by atoms with Crippen LogP contribution in [0.25, 0.3) is 10.9 Å². The molecule has 1 aromatic carbocycles. The molecule has 0 spiro atoms. The van der Waals surface area contributed by atoms with E-state index in [1.807, 2.05) is 20.9 Å². The fraction of sp³-hybridized carbons (Fsp3) is 0.214. The second kappa shape index (κ2) is 4.56. The van der Waals surface area contributed by atoms with Crippen molar-refractivity contribution < 1.29 is 4.39 Å². The Balaban J connectivity index is 2.13. The van der Waals surface area contributed by atoms with Crippen LogP contribution in [0.15, 0.2) is 24.5 Å². The first-order chi connectivity index (χ1) is 9.56. The number of hydrogen-bond acceptors (Lipinski definition) is 4. The predicted octanol–water partition coefficient (Wildman–Crippen LogP) is 2.86. The summed E-state index contributed by atoms with van der Waals surface area (Å²) in [7, 11) is 1.88. The van der Waals surface area contributed by atoms with Crippen LogP contribution >= 0.6 is 0 Å². The van der Waals surface area contributed by atoms with Gasteiger partial charge >= 0.3 is 0 Å². The van der Waals surface area contributed by atoms with Gasteiger partial charge in [0.2, 0.25) is 0 Å². The maximum Gasteiger partial charge on any atom is 0.141 e. The highest BCUT2D eigenvalue weighted by atomic mass is 19.1. The molecule has 0 aliphatic rings. The summed E-state index contributed by atoms with van der Waals surface area (Å²) >= 11 is 0. The number of nitrogens with one attached hydrogen (secondary N) is 1. The second-order valence-electron chi connectivity index (χ2n) is 4.68. The highest BCUT2D eigenvalue weighted by Crippen LogP contribution is 2.27. The summed E-state index contributed by atoms with van der Waals surface area (Å²) in [6.07, 6.45) is 1.46. The quantitative estimate of drug-likeness (QED) is 0.778. The molecule has 3 rings (SSSR count). The van der Waals surface area contributed by atoms with Crippen LogP contribution < -0.4 is 5.32 Å². The van der Waals surface area contributed by atoms with E-state index < -0.39 is 0 Å². The zero-order valence-electron chi connectivity index (χ0n) is 11.5. The van der Waals surface area contributed by atoms with E-state index in [1.54, 1.807) is 10.7 Å². The van der Waals surface area contributed by atoms with Crippen molar-refractivity contribution in [1.82, 2.24) is 19.7 Å². The molecule has 0 saturated heterocycles. The molecule has 102 valence electrons. The molecule has 3 aromatic rings. The van der Waals surface area contributed by atoms with Crippen LogP contribution in [0.4, 0.5) is 15.9 Å². The Morgan fingerprint density at radius 3 is 2.70 bits per heavy atom. The highest BCUT2D eigenvalue weighted by molar-refractivity contribution is 5.90. The zero-order valence-corrected chi connectivity index (χ0v) is 11.5. The number of hydrogen-bond donors (Lipinski definition) is 1. The average molecular weight is 271 g/mol. The maximum atomic E-state index is 13.4. The van der Waals surface area contributed by atoms with Crippen LogP contribution in [0.2, 0.25) is 0 Å². The van der Waals surface area contributed by atoms with Gasteiger partial charge in [0.15, 0.2) is 0 Å². The lowest BCUT2D eigenvalue weighted by Gasteiger charge is -2.08. The van der Waals surface area contributed by atoms with Gasteiger partial charge in [-0.2, -0.15) is 5.10 Å². The molecule has 0 amide bonds. The van der Waals surface area contributed by atoms with Crippen molar-refractivity contribution in [3.8, 4) is 0 Å². The Labute approximate surface area is 115 Å². The van der Waals surface area contributed by atoms with Crippen LogP contribution in [0.5, 0.6) is 0 Å². The molecule has 0 bridgehead atoms. The number of aromatic nitrogens is 4. The zero-order chi connectivity index (χ0) is 14.3. The van der Waals surface area contributed by atoms with Gasteiger partial charge in [-0.05, 0) is 32.0 Å². The molecule has 2 aromatic heterocycles. The van der Waals surface area contributed by atoms with Gasteiger partial charge in [0.05, 0.1) is 22.6 Å². The lowest BCUT2D eigenvalue weighted by molar-refractivity contribution is 0.629. The van der Waals surface area contributed by atoms with Gasteiger partial charge in [0, 0.05) is 12.4 Å². The number of fused-ring (bicyclic) bond motifs is 1. The summed E-state index contributed by atoms with van der Waals surface area (Å²) in [5.41, 5.74) is 3.44. The molecule has 0 aliphatic carbocycles. The van der Waals surface area contributed by atoms with E-state index in [9.17, 15) is 4.39 Å². The summed E-state index contributed by atoms with van der Waals surface area (Å²) in [5.74, 6) is 0.267. The van der Waals surface area contributed by atoms with Crippen LogP contribution in [-0.2, 0) is 7.05 Å². The van der Waals surface area contributed by atoms with Crippen molar-refractivity contribution in [2.45, 2.75) is 13.8 Å². The Morgan fingerprint density at radius 1 is 1.20 bits per heavy atom. The predicted molar refractivity (Wildman–Crippen MR) is 75.5 cm³/mol. The van der Waals surface area contributed by atoms with Gasteiger partial charge in [-0.15, -0.1) is 0 Å². The van der Waals surface area contributed by atoms with Gasteiger partial charge < -0.3 is 5.32 Å². The summed E-state index contributed by atoms with van der Waals surface area (Å²) in [4.78, 5) is 8.34. The molecular formula is C14H14FN5. The number of rotatable bonds is 2.